The van der Waals surface area contributed by atoms with E-state index in [2.05, 4.69) is 34.1 Å². The highest BCUT2D eigenvalue weighted by atomic mass is 32.2. The fourth-order valence-corrected chi connectivity index (χ4v) is 4.97. The lowest BCUT2D eigenvalue weighted by atomic mass is 10.0. The Morgan fingerprint density at radius 3 is 2.59 bits per heavy atom. The summed E-state index contributed by atoms with van der Waals surface area (Å²) in [6, 6.07) is 14.3. The standard InChI is InChI=1S/C23H22N8S/c1-3-16-17(11-24)22(31-10-9-19-20(13-31)29-30-28-19)27-23(18(16)12-25)32-21(14(2)26)15-7-5-4-6-8-15/h4-8,21H,2-3,9-10,13,26H2,1H3,(H,28,29,30). The summed E-state index contributed by atoms with van der Waals surface area (Å²) in [5.74, 6) is 0.564. The molecule has 0 spiro atoms. The Labute approximate surface area is 190 Å². The highest BCUT2D eigenvalue weighted by molar-refractivity contribution is 7.99. The molecule has 1 unspecified atom stereocenters. The minimum Gasteiger partial charge on any atom is -0.401 e. The number of nitrogens with zero attached hydrogens (tertiary/aromatic N) is 6. The summed E-state index contributed by atoms with van der Waals surface area (Å²) in [4.78, 5) is 6.87. The van der Waals surface area contributed by atoms with Crippen molar-refractivity contribution in [3.63, 3.8) is 0 Å². The second kappa shape index (κ2) is 9.13. The molecule has 0 fully saturated rings. The van der Waals surface area contributed by atoms with Crippen LogP contribution in [-0.2, 0) is 19.4 Å². The molecule has 9 heteroatoms. The number of benzene rings is 1. The maximum absolute atomic E-state index is 9.97. The van der Waals surface area contributed by atoms with Crippen molar-refractivity contribution in [3.05, 3.63) is 76.2 Å². The van der Waals surface area contributed by atoms with Gasteiger partial charge < -0.3 is 10.6 Å². The van der Waals surface area contributed by atoms with Gasteiger partial charge in [0.2, 0.25) is 0 Å². The van der Waals surface area contributed by atoms with Gasteiger partial charge >= 0.3 is 0 Å². The first kappa shape index (κ1) is 21.4. The van der Waals surface area contributed by atoms with Crippen LogP contribution in [0.1, 0.15) is 45.8 Å². The van der Waals surface area contributed by atoms with Crippen LogP contribution in [0.2, 0.25) is 0 Å². The number of aromatic amines is 1. The van der Waals surface area contributed by atoms with Gasteiger partial charge in [-0.15, -0.1) is 0 Å². The largest absolute Gasteiger partial charge is 0.401 e. The second-order valence-corrected chi connectivity index (χ2v) is 8.51. The zero-order chi connectivity index (χ0) is 22.7. The van der Waals surface area contributed by atoms with E-state index in [0.717, 1.165) is 17.0 Å². The maximum Gasteiger partial charge on any atom is 0.148 e. The number of aromatic nitrogens is 4. The maximum atomic E-state index is 9.97. The monoisotopic (exact) mass is 442 g/mol. The predicted molar refractivity (Wildman–Crippen MR) is 123 cm³/mol. The van der Waals surface area contributed by atoms with Crippen LogP contribution in [0.3, 0.4) is 0 Å². The smallest absolute Gasteiger partial charge is 0.148 e. The zero-order valence-electron chi connectivity index (χ0n) is 17.7. The first-order chi connectivity index (χ1) is 15.6. The number of H-pyrrole nitrogens is 1. The lowest BCUT2D eigenvalue weighted by Gasteiger charge is -2.29. The number of nitriles is 2. The van der Waals surface area contributed by atoms with E-state index in [0.29, 0.717) is 59.2 Å². The van der Waals surface area contributed by atoms with Crippen LogP contribution in [0.25, 0.3) is 0 Å². The fraction of sp³-hybridized carbons (Fsp3) is 0.261. The van der Waals surface area contributed by atoms with Gasteiger partial charge in [-0.1, -0.05) is 55.6 Å². The lowest BCUT2D eigenvalue weighted by molar-refractivity contribution is 0.695. The third-order valence-electron chi connectivity index (χ3n) is 5.46. The van der Waals surface area contributed by atoms with E-state index in [1.54, 1.807) is 0 Å². The van der Waals surface area contributed by atoms with Crippen LogP contribution < -0.4 is 10.6 Å². The molecule has 0 saturated heterocycles. The summed E-state index contributed by atoms with van der Waals surface area (Å²) in [6.45, 7) is 7.06. The molecule has 4 rings (SSSR count). The Hall–Kier alpha value is -3.82. The van der Waals surface area contributed by atoms with E-state index in [1.165, 1.54) is 11.8 Å². The Bertz CT molecular complexity index is 1240. The second-order valence-electron chi connectivity index (χ2n) is 7.42. The molecular weight excluding hydrogens is 420 g/mol. The van der Waals surface area contributed by atoms with E-state index >= 15 is 0 Å². The molecule has 0 amide bonds. The number of nitrogens with one attached hydrogen (secondary N) is 1. The molecule has 1 atom stereocenters. The molecule has 2 aromatic heterocycles. The molecule has 0 aliphatic carbocycles. The lowest BCUT2D eigenvalue weighted by Crippen LogP contribution is -2.32. The minimum atomic E-state index is -0.273. The van der Waals surface area contributed by atoms with Crippen LogP contribution in [0.4, 0.5) is 5.82 Å². The number of anilines is 1. The van der Waals surface area contributed by atoms with E-state index in [4.69, 9.17) is 10.7 Å². The van der Waals surface area contributed by atoms with Gasteiger partial charge in [-0.05, 0) is 17.5 Å². The molecule has 0 radical (unpaired) electrons. The van der Waals surface area contributed by atoms with Crippen molar-refractivity contribution in [2.24, 2.45) is 5.73 Å². The molecule has 32 heavy (non-hydrogen) atoms. The number of rotatable bonds is 6. The number of nitrogens with two attached hydrogens (primary N) is 1. The number of pyridine rings is 1. The third-order valence-corrected chi connectivity index (χ3v) is 6.79. The predicted octanol–water partition coefficient (Wildman–Crippen LogP) is 3.37. The van der Waals surface area contributed by atoms with E-state index in [1.807, 2.05) is 42.2 Å². The number of fused-ring (bicyclic) bond motifs is 1. The Kier molecular flexibility index (Phi) is 6.11. The van der Waals surface area contributed by atoms with Crippen molar-refractivity contribution >= 4 is 17.6 Å². The van der Waals surface area contributed by atoms with Crippen LogP contribution in [-0.4, -0.2) is 26.9 Å². The van der Waals surface area contributed by atoms with Crippen LogP contribution >= 0.6 is 11.8 Å². The number of hydrogen-bond acceptors (Lipinski definition) is 8. The van der Waals surface area contributed by atoms with Gasteiger partial charge in [-0.2, -0.15) is 25.9 Å². The van der Waals surface area contributed by atoms with Gasteiger partial charge in [-0.3, -0.25) is 0 Å². The first-order valence-electron chi connectivity index (χ1n) is 10.2. The molecule has 3 N–H and O–H groups in total. The van der Waals surface area contributed by atoms with Crippen molar-refractivity contribution in [2.45, 2.75) is 36.6 Å². The van der Waals surface area contributed by atoms with Crippen molar-refractivity contribution in [1.82, 2.24) is 20.4 Å². The molecule has 3 heterocycles. The van der Waals surface area contributed by atoms with Crippen molar-refractivity contribution in [1.29, 1.82) is 10.5 Å². The van der Waals surface area contributed by atoms with E-state index in [-0.39, 0.29) is 5.25 Å². The SMILES string of the molecule is C=C(N)C(Sc1nc(N2CCc3n[nH]nc3C2)c(C#N)c(CC)c1C#N)c1ccccc1. The summed E-state index contributed by atoms with van der Waals surface area (Å²) in [6.07, 6.45) is 1.24. The summed E-state index contributed by atoms with van der Waals surface area (Å²) in [5, 5.41) is 31.3. The Morgan fingerprint density at radius 2 is 1.94 bits per heavy atom. The van der Waals surface area contributed by atoms with E-state index in [9.17, 15) is 10.5 Å². The van der Waals surface area contributed by atoms with Crippen molar-refractivity contribution < 1.29 is 0 Å². The van der Waals surface area contributed by atoms with Gasteiger partial charge in [0.15, 0.2) is 0 Å². The molecule has 0 bridgehead atoms. The average Bonchev–Trinajstić information content (AvgIpc) is 3.29. The number of hydrogen-bond donors (Lipinski definition) is 2. The van der Waals surface area contributed by atoms with Crippen LogP contribution in [0.5, 0.6) is 0 Å². The Morgan fingerprint density at radius 1 is 1.22 bits per heavy atom. The minimum absolute atomic E-state index is 0.273. The summed E-state index contributed by atoms with van der Waals surface area (Å²) < 4.78 is 0. The van der Waals surface area contributed by atoms with Crippen LogP contribution in [0.15, 0.2) is 47.6 Å². The molecule has 8 nitrogen and oxygen atoms in total. The molecular formula is C23H22N8S. The molecule has 1 aliphatic heterocycles. The first-order valence-corrected chi connectivity index (χ1v) is 11.1. The summed E-state index contributed by atoms with van der Waals surface area (Å²) >= 11 is 1.39. The molecule has 1 aliphatic rings. The third kappa shape index (κ3) is 3.91. The van der Waals surface area contributed by atoms with Gasteiger partial charge in [0.25, 0.3) is 0 Å². The zero-order valence-corrected chi connectivity index (χ0v) is 18.5. The molecule has 160 valence electrons. The molecule has 1 aromatic carbocycles. The van der Waals surface area contributed by atoms with Gasteiger partial charge in [0, 0.05) is 18.7 Å². The average molecular weight is 443 g/mol. The topological polar surface area (TPSA) is 131 Å². The summed E-state index contributed by atoms with van der Waals surface area (Å²) in [7, 11) is 0. The normalized spacial score (nSPS) is 13.7. The Balaban J connectivity index is 1.82. The van der Waals surface area contributed by atoms with Gasteiger partial charge in [0.05, 0.1) is 28.6 Å². The fourth-order valence-electron chi connectivity index (χ4n) is 3.88. The molecule has 3 aromatic rings. The highest BCUT2D eigenvalue weighted by Gasteiger charge is 2.28. The van der Waals surface area contributed by atoms with Crippen molar-refractivity contribution in [3.8, 4) is 12.1 Å². The van der Waals surface area contributed by atoms with Crippen molar-refractivity contribution in [2.75, 3.05) is 11.4 Å². The quantitative estimate of drug-likeness (QED) is 0.556. The highest BCUT2D eigenvalue weighted by Crippen LogP contribution is 2.42. The molecule has 0 saturated carbocycles. The van der Waals surface area contributed by atoms with Gasteiger partial charge in [-0.25, -0.2) is 4.98 Å². The van der Waals surface area contributed by atoms with E-state index < -0.39 is 0 Å². The van der Waals surface area contributed by atoms with Crippen LogP contribution in [0, 0.1) is 22.7 Å². The number of thioether (sulfide) groups is 1. The summed E-state index contributed by atoms with van der Waals surface area (Å²) in [5.41, 5.74) is 10.9. The van der Waals surface area contributed by atoms with Gasteiger partial charge in [0.1, 0.15) is 28.7 Å².